The molecular formula is C17H16N6O. The number of nitrogens with one attached hydrogen (secondary N) is 1. The van der Waals surface area contributed by atoms with Crippen LogP contribution in [0.15, 0.2) is 47.7 Å². The van der Waals surface area contributed by atoms with Gasteiger partial charge in [0.2, 0.25) is 0 Å². The van der Waals surface area contributed by atoms with Gasteiger partial charge in [-0.15, -0.1) is 0 Å². The molecule has 4 aromatic heterocycles. The van der Waals surface area contributed by atoms with Gasteiger partial charge < -0.3 is 9.73 Å². The summed E-state index contributed by atoms with van der Waals surface area (Å²) in [6.45, 7) is 4.65. The lowest BCUT2D eigenvalue weighted by Crippen LogP contribution is -2.02. The van der Waals surface area contributed by atoms with Crippen molar-refractivity contribution in [2.75, 3.05) is 5.32 Å². The Labute approximate surface area is 138 Å². The molecule has 7 nitrogen and oxygen atoms in total. The molecule has 0 spiro atoms. The smallest absolute Gasteiger partial charge is 0.181 e. The molecule has 0 radical (unpaired) electrons. The monoisotopic (exact) mass is 320 g/mol. The topological polar surface area (TPSA) is 81.1 Å². The predicted octanol–water partition coefficient (Wildman–Crippen LogP) is 3.01. The Kier molecular flexibility index (Phi) is 3.45. The van der Waals surface area contributed by atoms with E-state index in [0.717, 1.165) is 39.7 Å². The molecule has 0 fully saturated rings. The molecule has 4 rings (SSSR count). The summed E-state index contributed by atoms with van der Waals surface area (Å²) < 4.78 is 6.83. The maximum atomic E-state index is 4.97. The van der Waals surface area contributed by atoms with Crippen molar-refractivity contribution in [2.45, 2.75) is 20.4 Å². The van der Waals surface area contributed by atoms with E-state index >= 15 is 0 Å². The molecule has 7 heteroatoms. The quantitative estimate of drug-likeness (QED) is 0.622. The summed E-state index contributed by atoms with van der Waals surface area (Å²) in [7, 11) is 0. The predicted molar refractivity (Wildman–Crippen MR) is 89.5 cm³/mol. The fourth-order valence-corrected chi connectivity index (χ4v) is 2.63. The summed E-state index contributed by atoms with van der Waals surface area (Å²) in [4.78, 5) is 13.1. The average Bonchev–Trinajstić information content (AvgIpc) is 3.23. The molecule has 0 aliphatic carbocycles. The van der Waals surface area contributed by atoms with Crippen LogP contribution in [0.2, 0.25) is 0 Å². The zero-order chi connectivity index (χ0) is 16.5. The Bertz CT molecular complexity index is 972. The van der Waals surface area contributed by atoms with Crippen molar-refractivity contribution in [1.82, 2.24) is 24.6 Å². The van der Waals surface area contributed by atoms with Crippen molar-refractivity contribution in [1.29, 1.82) is 0 Å². The largest absolute Gasteiger partial charge is 0.451 e. The lowest BCUT2D eigenvalue weighted by atomic mass is 10.2. The normalized spacial score (nSPS) is 11.1. The van der Waals surface area contributed by atoms with E-state index < -0.39 is 0 Å². The Balaban J connectivity index is 1.53. The standard InChI is InChI=1S/C17H16N6O/c1-11-5-12(2)23-17(22-11)13(7-21-23)6-18-14-3-4-15(19-8-14)16-9-24-10-20-16/h3-5,7-10,18H,6H2,1-2H3. The third-order valence-electron chi connectivity index (χ3n) is 3.79. The Morgan fingerprint density at radius 3 is 2.79 bits per heavy atom. The van der Waals surface area contributed by atoms with Gasteiger partial charge in [-0.3, -0.25) is 4.98 Å². The van der Waals surface area contributed by atoms with Crippen molar-refractivity contribution in [2.24, 2.45) is 0 Å². The van der Waals surface area contributed by atoms with Crippen molar-refractivity contribution in [3.8, 4) is 11.4 Å². The number of nitrogens with zero attached hydrogens (tertiary/aromatic N) is 5. The lowest BCUT2D eigenvalue weighted by Gasteiger charge is -2.06. The summed E-state index contributed by atoms with van der Waals surface area (Å²) in [5, 5.41) is 7.75. The maximum absolute atomic E-state index is 4.97. The molecule has 0 atom stereocenters. The van der Waals surface area contributed by atoms with Crippen LogP contribution in [0, 0.1) is 13.8 Å². The van der Waals surface area contributed by atoms with Gasteiger partial charge in [0.15, 0.2) is 12.0 Å². The van der Waals surface area contributed by atoms with E-state index in [1.54, 1.807) is 12.5 Å². The van der Waals surface area contributed by atoms with Crippen LogP contribution >= 0.6 is 0 Å². The van der Waals surface area contributed by atoms with Gasteiger partial charge in [-0.1, -0.05) is 0 Å². The van der Waals surface area contributed by atoms with E-state index in [0.29, 0.717) is 6.54 Å². The van der Waals surface area contributed by atoms with E-state index in [-0.39, 0.29) is 0 Å². The highest BCUT2D eigenvalue weighted by Gasteiger charge is 2.08. The summed E-state index contributed by atoms with van der Waals surface area (Å²) in [6.07, 6.45) is 6.59. The Morgan fingerprint density at radius 2 is 2.04 bits per heavy atom. The number of fused-ring (bicyclic) bond motifs is 1. The van der Waals surface area contributed by atoms with E-state index in [1.165, 1.54) is 6.39 Å². The second kappa shape index (κ2) is 5.77. The zero-order valence-electron chi connectivity index (χ0n) is 13.4. The highest BCUT2D eigenvalue weighted by Crippen LogP contribution is 2.18. The van der Waals surface area contributed by atoms with Crippen LogP contribution in [0.4, 0.5) is 5.69 Å². The molecule has 0 aliphatic heterocycles. The second-order valence-electron chi connectivity index (χ2n) is 5.60. The van der Waals surface area contributed by atoms with Gasteiger partial charge in [-0.25, -0.2) is 14.5 Å². The van der Waals surface area contributed by atoms with E-state index in [1.807, 2.05) is 42.8 Å². The third kappa shape index (κ3) is 2.60. The molecule has 0 aromatic carbocycles. The van der Waals surface area contributed by atoms with Crippen LogP contribution < -0.4 is 5.32 Å². The van der Waals surface area contributed by atoms with Crippen molar-refractivity contribution < 1.29 is 4.42 Å². The minimum absolute atomic E-state index is 0.629. The first-order valence-corrected chi connectivity index (χ1v) is 7.60. The number of pyridine rings is 1. The highest BCUT2D eigenvalue weighted by atomic mass is 16.3. The minimum Gasteiger partial charge on any atom is -0.451 e. The van der Waals surface area contributed by atoms with Gasteiger partial charge in [-0.2, -0.15) is 5.10 Å². The fraction of sp³-hybridized carbons (Fsp3) is 0.176. The second-order valence-corrected chi connectivity index (χ2v) is 5.60. The molecule has 0 aliphatic rings. The summed E-state index contributed by atoms with van der Waals surface area (Å²) in [6, 6.07) is 5.89. The highest BCUT2D eigenvalue weighted by molar-refractivity contribution is 5.56. The van der Waals surface area contributed by atoms with Crippen LogP contribution in [0.1, 0.15) is 17.0 Å². The minimum atomic E-state index is 0.629. The van der Waals surface area contributed by atoms with Crippen LogP contribution in [-0.4, -0.2) is 24.6 Å². The molecule has 0 saturated carbocycles. The first-order valence-electron chi connectivity index (χ1n) is 7.60. The number of rotatable bonds is 4. The summed E-state index contributed by atoms with van der Waals surface area (Å²) in [5.74, 6) is 0. The van der Waals surface area contributed by atoms with E-state index in [9.17, 15) is 0 Å². The zero-order valence-corrected chi connectivity index (χ0v) is 13.4. The molecule has 0 unspecified atom stereocenters. The molecular weight excluding hydrogens is 304 g/mol. The van der Waals surface area contributed by atoms with Crippen LogP contribution in [0.5, 0.6) is 0 Å². The lowest BCUT2D eigenvalue weighted by molar-refractivity contribution is 0.558. The molecule has 24 heavy (non-hydrogen) atoms. The van der Waals surface area contributed by atoms with Gasteiger partial charge in [0.25, 0.3) is 0 Å². The molecule has 4 aromatic rings. The van der Waals surface area contributed by atoms with E-state index in [4.69, 9.17) is 4.42 Å². The number of aromatic nitrogens is 5. The Hall–Kier alpha value is -3.22. The first kappa shape index (κ1) is 14.4. The van der Waals surface area contributed by atoms with Gasteiger partial charge in [0.05, 0.1) is 23.8 Å². The van der Waals surface area contributed by atoms with Gasteiger partial charge in [0, 0.05) is 23.5 Å². The number of anilines is 1. The third-order valence-corrected chi connectivity index (χ3v) is 3.79. The van der Waals surface area contributed by atoms with E-state index in [2.05, 4.69) is 25.4 Å². The average molecular weight is 320 g/mol. The van der Waals surface area contributed by atoms with Crippen molar-refractivity contribution in [3.05, 3.63) is 60.2 Å². The van der Waals surface area contributed by atoms with Gasteiger partial charge in [0.1, 0.15) is 12.0 Å². The van der Waals surface area contributed by atoms with Gasteiger partial charge >= 0.3 is 0 Å². The fourth-order valence-electron chi connectivity index (χ4n) is 2.63. The molecule has 120 valence electrons. The van der Waals surface area contributed by atoms with Crippen molar-refractivity contribution >= 4 is 11.3 Å². The number of hydrogen-bond acceptors (Lipinski definition) is 6. The SMILES string of the molecule is Cc1cc(C)n2ncc(CNc3ccc(-c4cocn4)nc3)c2n1. The number of hydrogen-bond donors (Lipinski definition) is 1. The van der Waals surface area contributed by atoms with Crippen LogP contribution in [0.25, 0.3) is 17.0 Å². The maximum Gasteiger partial charge on any atom is 0.181 e. The molecule has 1 N–H and O–H groups in total. The molecule has 0 bridgehead atoms. The molecule has 0 amide bonds. The Morgan fingerprint density at radius 1 is 1.12 bits per heavy atom. The van der Waals surface area contributed by atoms with Crippen molar-refractivity contribution in [3.63, 3.8) is 0 Å². The first-order chi connectivity index (χ1) is 11.7. The number of oxazole rings is 1. The van der Waals surface area contributed by atoms with Crippen LogP contribution in [0.3, 0.4) is 0 Å². The molecule has 4 heterocycles. The van der Waals surface area contributed by atoms with Gasteiger partial charge in [-0.05, 0) is 32.0 Å². The number of aryl methyl sites for hydroxylation is 2. The summed E-state index contributed by atoms with van der Waals surface area (Å²) >= 11 is 0. The summed E-state index contributed by atoms with van der Waals surface area (Å²) in [5.41, 5.74) is 6.40. The van der Waals surface area contributed by atoms with Crippen LogP contribution in [-0.2, 0) is 6.54 Å². The molecule has 0 saturated heterocycles.